The largest absolute Gasteiger partial charge is 0.385 e. The Balaban J connectivity index is 1.91. The maximum atomic E-state index is 11.9. The van der Waals surface area contributed by atoms with E-state index in [4.69, 9.17) is 9.26 Å². The van der Waals surface area contributed by atoms with Crippen molar-refractivity contribution in [1.82, 2.24) is 10.1 Å². The van der Waals surface area contributed by atoms with Gasteiger partial charge in [0.2, 0.25) is 5.89 Å². The predicted molar refractivity (Wildman–Crippen MR) is 69.0 cm³/mol. The second kappa shape index (κ2) is 6.80. The summed E-state index contributed by atoms with van der Waals surface area (Å²) in [5.74, 6) is 0.960. The highest BCUT2D eigenvalue weighted by atomic mass is 16.5. The van der Waals surface area contributed by atoms with Crippen LogP contribution in [0.15, 0.2) is 34.9 Å². The topological polar surface area (TPSA) is 65.2 Å². The van der Waals surface area contributed by atoms with Gasteiger partial charge in [-0.3, -0.25) is 4.79 Å². The maximum Gasteiger partial charge on any atom is 0.234 e. The molecule has 0 amide bonds. The summed E-state index contributed by atoms with van der Waals surface area (Å²) >= 11 is 0. The number of ether oxygens (including phenoxy) is 1. The molecule has 1 aromatic heterocycles. The molecule has 0 saturated carbocycles. The van der Waals surface area contributed by atoms with E-state index in [1.165, 1.54) is 0 Å². The summed E-state index contributed by atoms with van der Waals surface area (Å²) in [4.78, 5) is 16.1. The van der Waals surface area contributed by atoms with Gasteiger partial charge in [-0.1, -0.05) is 35.5 Å². The molecule has 0 N–H and O–H groups in total. The minimum Gasteiger partial charge on any atom is -0.385 e. The molecule has 0 radical (unpaired) electrons. The molecule has 0 saturated heterocycles. The van der Waals surface area contributed by atoms with E-state index in [2.05, 4.69) is 10.1 Å². The van der Waals surface area contributed by atoms with Crippen LogP contribution in [0.3, 0.4) is 0 Å². The fraction of sp³-hybridized carbons (Fsp3) is 0.357. The van der Waals surface area contributed by atoms with Crippen molar-refractivity contribution in [2.45, 2.75) is 19.3 Å². The van der Waals surface area contributed by atoms with Crippen molar-refractivity contribution < 1.29 is 14.1 Å². The van der Waals surface area contributed by atoms with Gasteiger partial charge >= 0.3 is 0 Å². The zero-order valence-corrected chi connectivity index (χ0v) is 10.8. The molecule has 0 aliphatic carbocycles. The van der Waals surface area contributed by atoms with Crippen molar-refractivity contribution in [3.63, 3.8) is 0 Å². The first-order chi connectivity index (χ1) is 9.29. The molecular formula is C14H16N2O3. The molecule has 0 fully saturated rings. The average Bonchev–Trinajstić information content (AvgIpc) is 2.88. The Labute approximate surface area is 111 Å². The molecule has 0 bridgehead atoms. The first-order valence-electron chi connectivity index (χ1n) is 6.18. The third-order valence-corrected chi connectivity index (χ3v) is 2.67. The number of ketones is 1. The number of Topliss-reactive ketones (excluding diaryl/α,β-unsaturated/α-hetero) is 1. The second-order valence-electron chi connectivity index (χ2n) is 4.17. The average molecular weight is 260 g/mol. The lowest BCUT2D eigenvalue weighted by molar-refractivity contribution is 0.0983. The third kappa shape index (κ3) is 3.99. The maximum absolute atomic E-state index is 11.9. The van der Waals surface area contributed by atoms with Crippen molar-refractivity contribution in [2.24, 2.45) is 0 Å². The Kier molecular flexibility index (Phi) is 4.80. The molecule has 0 atom stereocenters. The molecule has 1 heterocycles. The molecular weight excluding hydrogens is 244 g/mol. The molecule has 19 heavy (non-hydrogen) atoms. The van der Waals surface area contributed by atoms with Crippen LogP contribution in [-0.4, -0.2) is 29.6 Å². The number of hydrogen-bond acceptors (Lipinski definition) is 5. The lowest BCUT2D eigenvalue weighted by Crippen LogP contribution is -2.03. The van der Waals surface area contributed by atoms with Crippen LogP contribution in [0.2, 0.25) is 0 Å². The number of nitrogens with zero attached hydrogens (tertiary/aromatic N) is 2. The van der Waals surface area contributed by atoms with Gasteiger partial charge in [0.05, 0.1) is 6.42 Å². The van der Waals surface area contributed by atoms with Crippen LogP contribution in [0.4, 0.5) is 0 Å². The molecule has 2 aromatic rings. The number of aromatic nitrogens is 2. The monoisotopic (exact) mass is 260 g/mol. The van der Waals surface area contributed by atoms with Crippen LogP contribution >= 0.6 is 0 Å². The highest BCUT2D eigenvalue weighted by Crippen LogP contribution is 2.07. The summed E-state index contributed by atoms with van der Waals surface area (Å²) in [5.41, 5.74) is 0.654. The standard InChI is InChI=1S/C14H16N2O3/c1-18-9-5-8-13-15-14(19-16-13)10-12(17)11-6-3-2-4-7-11/h2-4,6-7H,5,8-10H2,1H3. The fourth-order valence-electron chi connectivity index (χ4n) is 1.70. The number of benzene rings is 1. The molecule has 5 nitrogen and oxygen atoms in total. The Morgan fingerprint density at radius 3 is 2.84 bits per heavy atom. The van der Waals surface area contributed by atoms with E-state index in [1.54, 1.807) is 19.2 Å². The third-order valence-electron chi connectivity index (χ3n) is 2.67. The van der Waals surface area contributed by atoms with Crippen molar-refractivity contribution in [2.75, 3.05) is 13.7 Å². The Morgan fingerprint density at radius 2 is 2.11 bits per heavy atom. The minimum atomic E-state index is -0.0207. The van der Waals surface area contributed by atoms with Gasteiger partial charge in [-0.25, -0.2) is 0 Å². The van der Waals surface area contributed by atoms with Crippen LogP contribution in [0, 0.1) is 0 Å². The molecule has 1 aromatic carbocycles. The number of rotatable bonds is 7. The number of carbonyl (C=O) groups excluding carboxylic acids is 1. The lowest BCUT2D eigenvalue weighted by Gasteiger charge is -1.96. The van der Waals surface area contributed by atoms with E-state index in [0.29, 0.717) is 30.3 Å². The van der Waals surface area contributed by atoms with E-state index in [1.807, 2.05) is 18.2 Å². The molecule has 100 valence electrons. The highest BCUT2D eigenvalue weighted by Gasteiger charge is 2.12. The second-order valence-corrected chi connectivity index (χ2v) is 4.17. The predicted octanol–water partition coefficient (Wildman–Crippen LogP) is 2.07. The van der Waals surface area contributed by atoms with E-state index < -0.39 is 0 Å². The van der Waals surface area contributed by atoms with E-state index in [-0.39, 0.29) is 12.2 Å². The highest BCUT2D eigenvalue weighted by molar-refractivity contribution is 5.96. The van der Waals surface area contributed by atoms with Crippen molar-refractivity contribution in [3.8, 4) is 0 Å². The van der Waals surface area contributed by atoms with Gasteiger partial charge in [-0.2, -0.15) is 4.98 Å². The molecule has 0 unspecified atom stereocenters. The van der Waals surface area contributed by atoms with Gasteiger partial charge in [0.25, 0.3) is 0 Å². The molecule has 0 aliphatic rings. The smallest absolute Gasteiger partial charge is 0.234 e. The van der Waals surface area contributed by atoms with E-state index in [0.717, 1.165) is 6.42 Å². The van der Waals surface area contributed by atoms with Gasteiger partial charge in [-0.15, -0.1) is 0 Å². The van der Waals surface area contributed by atoms with E-state index in [9.17, 15) is 4.79 Å². The van der Waals surface area contributed by atoms with Crippen LogP contribution in [0.25, 0.3) is 0 Å². The number of hydrogen-bond donors (Lipinski definition) is 0. The SMILES string of the molecule is COCCCc1noc(CC(=O)c2ccccc2)n1. The summed E-state index contributed by atoms with van der Waals surface area (Å²) < 4.78 is 10.0. The zero-order valence-electron chi connectivity index (χ0n) is 10.8. The summed E-state index contributed by atoms with van der Waals surface area (Å²) in [5, 5.41) is 3.84. The van der Waals surface area contributed by atoms with Crippen LogP contribution in [0.1, 0.15) is 28.5 Å². The van der Waals surface area contributed by atoms with Crippen LogP contribution in [0.5, 0.6) is 0 Å². The number of carbonyl (C=O) groups is 1. The zero-order chi connectivity index (χ0) is 13.5. The first kappa shape index (κ1) is 13.4. The summed E-state index contributed by atoms with van der Waals surface area (Å²) in [6.07, 6.45) is 1.67. The summed E-state index contributed by atoms with van der Waals surface area (Å²) in [7, 11) is 1.65. The number of methoxy groups -OCH3 is 1. The summed E-state index contributed by atoms with van der Waals surface area (Å²) in [6, 6.07) is 9.09. The molecule has 2 rings (SSSR count). The van der Waals surface area contributed by atoms with Gasteiger partial charge < -0.3 is 9.26 Å². The van der Waals surface area contributed by atoms with Crippen LogP contribution < -0.4 is 0 Å². The van der Waals surface area contributed by atoms with Crippen LogP contribution in [-0.2, 0) is 17.6 Å². The lowest BCUT2D eigenvalue weighted by atomic mass is 10.1. The Hall–Kier alpha value is -2.01. The van der Waals surface area contributed by atoms with Crippen molar-refractivity contribution in [3.05, 3.63) is 47.6 Å². The van der Waals surface area contributed by atoms with Gasteiger partial charge in [0.1, 0.15) is 0 Å². The number of aryl methyl sites for hydroxylation is 1. The quantitative estimate of drug-likeness (QED) is 0.563. The minimum absolute atomic E-state index is 0.0207. The normalized spacial score (nSPS) is 10.6. The fourth-order valence-corrected chi connectivity index (χ4v) is 1.70. The van der Waals surface area contributed by atoms with Gasteiger partial charge in [0.15, 0.2) is 11.6 Å². The van der Waals surface area contributed by atoms with Crippen molar-refractivity contribution in [1.29, 1.82) is 0 Å². The molecule has 0 spiro atoms. The van der Waals surface area contributed by atoms with Crippen molar-refractivity contribution >= 4 is 5.78 Å². The molecule has 5 heteroatoms. The van der Waals surface area contributed by atoms with Gasteiger partial charge in [0, 0.05) is 25.7 Å². The van der Waals surface area contributed by atoms with Gasteiger partial charge in [-0.05, 0) is 6.42 Å². The summed E-state index contributed by atoms with van der Waals surface area (Å²) in [6.45, 7) is 0.660. The molecule has 0 aliphatic heterocycles. The van der Waals surface area contributed by atoms with E-state index >= 15 is 0 Å². The Morgan fingerprint density at radius 1 is 1.32 bits per heavy atom. The Bertz CT molecular complexity index is 522. The first-order valence-corrected chi connectivity index (χ1v) is 6.18.